The summed E-state index contributed by atoms with van der Waals surface area (Å²) < 4.78 is 17.2. The molecule has 0 spiro atoms. The van der Waals surface area contributed by atoms with Gasteiger partial charge in [0.15, 0.2) is 0 Å². The van der Waals surface area contributed by atoms with Gasteiger partial charge in [0.05, 0.1) is 22.4 Å². The normalized spacial score (nSPS) is 13.0. The van der Waals surface area contributed by atoms with Crippen molar-refractivity contribution in [3.63, 3.8) is 0 Å². The van der Waals surface area contributed by atoms with E-state index in [1.54, 1.807) is 23.6 Å². The lowest BCUT2D eigenvalue weighted by Gasteiger charge is -2.15. The van der Waals surface area contributed by atoms with Gasteiger partial charge in [0, 0.05) is 16.6 Å². The van der Waals surface area contributed by atoms with E-state index in [4.69, 9.17) is 0 Å². The highest BCUT2D eigenvalue weighted by molar-refractivity contribution is 9.10. The SMILES string of the molecule is CNC(c1cc2cc(F)ccc2s1)c1c(Br)cnn1C. The molecule has 0 saturated carbocycles. The van der Waals surface area contributed by atoms with E-state index in [2.05, 4.69) is 26.3 Å². The predicted octanol–water partition coefficient (Wildman–Crippen LogP) is 3.85. The van der Waals surface area contributed by atoms with Crippen LogP contribution in [0.2, 0.25) is 0 Å². The fraction of sp³-hybridized carbons (Fsp3) is 0.214. The second-order valence-electron chi connectivity index (χ2n) is 4.55. The van der Waals surface area contributed by atoms with Gasteiger partial charge < -0.3 is 5.32 Å². The summed E-state index contributed by atoms with van der Waals surface area (Å²) >= 11 is 5.20. The largest absolute Gasteiger partial charge is 0.307 e. The van der Waals surface area contributed by atoms with E-state index >= 15 is 0 Å². The van der Waals surface area contributed by atoms with Gasteiger partial charge in [-0.1, -0.05) is 0 Å². The first-order valence-electron chi connectivity index (χ1n) is 6.14. The Morgan fingerprint density at radius 2 is 2.20 bits per heavy atom. The Hall–Kier alpha value is -1.24. The molecule has 0 amide bonds. The van der Waals surface area contributed by atoms with Crippen LogP contribution >= 0.6 is 27.3 Å². The summed E-state index contributed by atoms with van der Waals surface area (Å²) in [6.45, 7) is 0. The minimum atomic E-state index is -0.204. The van der Waals surface area contributed by atoms with Crippen LogP contribution in [-0.2, 0) is 7.05 Å². The number of thiophene rings is 1. The number of aromatic nitrogens is 2. The first-order valence-corrected chi connectivity index (χ1v) is 7.74. The molecule has 20 heavy (non-hydrogen) atoms. The smallest absolute Gasteiger partial charge is 0.123 e. The number of hydrogen-bond donors (Lipinski definition) is 1. The molecule has 3 aromatic rings. The molecule has 0 fully saturated rings. The van der Waals surface area contributed by atoms with Crippen molar-refractivity contribution in [2.75, 3.05) is 7.05 Å². The predicted molar refractivity (Wildman–Crippen MR) is 83.6 cm³/mol. The van der Waals surface area contributed by atoms with Gasteiger partial charge in [-0.2, -0.15) is 5.10 Å². The molecule has 1 aromatic carbocycles. The van der Waals surface area contributed by atoms with Gasteiger partial charge in [0.25, 0.3) is 0 Å². The highest BCUT2D eigenvalue weighted by Gasteiger charge is 2.21. The lowest BCUT2D eigenvalue weighted by atomic mass is 10.1. The molecule has 6 heteroatoms. The maximum absolute atomic E-state index is 13.3. The summed E-state index contributed by atoms with van der Waals surface area (Å²) in [6, 6.07) is 6.95. The molecule has 2 heterocycles. The number of hydrogen-bond acceptors (Lipinski definition) is 3. The molecule has 104 valence electrons. The van der Waals surface area contributed by atoms with E-state index in [0.717, 1.165) is 25.1 Å². The number of nitrogens with one attached hydrogen (secondary N) is 1. The van der Waals surface area contributed by atoms with Crippen LogP contribution in [0.15, 0.2) is 34.9 Å². The average Bonchev–Trinajstić information content (AvgIpc) is 2.97. The van der Waals surface area contributed by atoms with Crippen molar-refractivity contribution in [3.05, 3.63) is 51.3 Å². The molecule has 0 radical (unpaired) electrons. The van der Waals surface area contributed by atoms with E-state index in [9.17, 15) is 4.39 Å². The zero-order valence-corrected chi connectivity index (χ0v) is 13.4. The van der Waals surface area contributed by atoms with E-state index in [-0.39, 0.29) is 11.9 Å². The van der Waals surface area contributed by atoms with Crippen LogP contribution < -0.4 is 5.32 Å². The Kier molecular flexibility index (Phi) is 3.62. The number of aryl methyl sites for hydroxylation is 1. The summed E-state index contributed by atoms with van der Waals surface area (Å²) in [5, 5.41) is 8.49. The number of rotatable bonds is 3. The molecule has 1 unspecified atom stereocenters. The summed E-state index contributed by atoms with van der Waals surface area (Å²) in [6.07, 6.45) is 1.78. The molecule has 0 aliphatic carbocycles. The highest BCUT2D eigenvalue weighted by atomic mass is 79.9. The molecule has 3 rings (SSSR count). The summed E-state index contributed by atoms with van der Waals surface area (Å²) in [7, 11) is 3.83. The van der Waals surface area contributed by atoms with Crippen molar-refractivity contribution in [1.82, 2.24) is 15.1 Å². The van der Waals surface area contributed by atoms with Gasteiger partial charge in [-0.15, -0.1) is 11.3 Å². The monoisotopic (exact) mass is 353 g/mol. The van der Waals surface area contributed by atoms with Crippen LogP contribution in [0.5, 0.6) is 0 Å². The van der Waals surface area contributed by atoms with Crippen molar-refractivity contribution in [2.24, 2.45) is 7.05 Å². The summed E-state index contributed by atoms with van der Waals surface area (Å²) in [4.78, 5) is 1.14. The second-order valence-corrected chi connectivity index (χ2v) is 6.52. The minimum Gasteiger partial charge on any atom is -0.307 e. The van der Waals surface area contributed by atoms with E-state index < -0.39 is 0 Å². The van der Waals surface area contributed by atoms with E-state index in [1.165, 1.54) is 6.07 Å². The van der Waals surface area contributed by atoms with Crippen molar-refractivity contribution >= 4 is 37.4 Å². The topological polar surface area (TPSA) is 29.9 Å². The quantitative estimate of drug-likeness (QED) is 0.775. The van der Waals surface area contributed by atoms with Crippen LogP contribution in [-0.4, -0.2) is 16.8 Å². The summed E-state index contributed by atoms with van der Waals surface area (Å²) in [5.41, 5.74) is 1.06. The Morgan fingerprint density at radius 3 is 2.85 bits per heavy atom. The molecule has 1 N–H and O–H groups in total. The standard InChI is InChI=1S/C14H13BrFN3S/c1-17-13(14-10(15)7-18-19(14)2)12-6-8-5-9(16)3-4-11(8)20-12/h3-7,13,17H,1-2H3. The number of halogens is 2. The molecular formula is C14H13BrFN3S. The molecule has 2 aromatic heterocycles. The van der Waals surface area contributed by atoms with Gasteiger partial charge in [-0.25, -0.2) is 4.39 Å². The molecule has 1 atom stereocenters. The van der Waals surface area contributed by atoms with Crippen molar-refractivity contribution in [1.29, 1.82) is 0 Å². The lowest BCUT2D eigenvalue weighted by Crippen LogP contribution is -2.20. The maximum Gasteiger partial charge on any atom is 0.123 e. The molecular weight excluding hydrogens is 341 g/mol. The Bertz CT molecular complexity index is 745. The van der Waals surface area contributed by atoms with Crippen LogP contribution in [0.4, 0.5) is 4.39 Å². The van der Waals surface area contributed by atoms with Gasteiger partial charge in [-0.05, 0) is 52.6 Å². The molecule has 0 aliphatic rings. The summed E-state index contributed by atoms with van der Waals surface area (Å²) in [5.74, 6) is -0.204. The third-order valence-corrected chi connectivity index (χ3v) is 5.07. The zero-order valence-electron chi connectivity index (χ0n) is 11.0. The lowest BCUT2D eigenvalue weighted by molar-refractivity contribution is 0.611. The fourth-order valence-corrected chi connectivity index (χ4v) is 4.07. The third-order valence-electron chi connectivity index (χ3n) is 3.28. The molecule has 0 bridgehead atoms. The number of benzene rings is 1. The van der Waals surface area contributed by atoms with Crippen molar-refractivity contribution in [3.8, 4) is 0 Å². The first kappa shape index (κ1) is 13.7. The Labute approximate surface area is 128 Å². The third kappa shape index (κ3) is 2.28. The van der Waals surface area contributed by atoms with Gasteiger partial charge in [0.1, 0.15) is 5.82 Å². The molecule has 0 aliphatic heterocycles. The van der Waals surface area contributed by atoms with Gasteiger partial charge in [-0.3, -0.25) is 4.68 Å². The van der Waals surface area contributed by atoms with E-state index in [0.29, 0.717) is 0 Å². The van der Waals surface area contributed by atoms with E-state index in [1.807, 2.05) is 30.9 Å². The number of fused-ring (bicyclic) bond motifs is 1. The van der Waals surface area contributed by atoms with Crippen LogP contribution in [0.1, 0.15) is 16.6 Å². The molecule has 3 nitrogen and oxygen atoms in total. The van der Waals surface area contributed by atoms with Crippen molar-refractivity contribution in [2.45, 2.75) is 6.04 Å². The van der Waals surface area contributed by atoms with Crippen LogP contribution in [0.25, 0.3) is 10.1 Å². The van der Waals surface area contributed by atoms with Crippen molar-refractivity contribution < 1.29 is 4.39 Å². The second kappa shape index (κ2) is 5.27. The van der Waals surface area contributed by atoms with Gasteiger partial charge >= 0.3 is 0 Å². The average molecular weight is 354 g/mol. The fourth-order valence-electron chi connectivity index (χ4n) is 2.34. The highest BCUT2D eigenvalue weighted by Crippen LogP contribution is 2.35. The zero-order chi connectivity index (χ0) is 14.3. The Balaban J connectivity index is 2.12. The van der Waals surface area contributed by atoms with Gasteiger partial charge in [0.2, 0.25) is 0 Å². The first-order chi connectivity index (χ1) is 9.60. The number of nitrogens with zero attached hydrogens (tertiary/aromatic N) is 2. The van der Waals surface area contributed by atoms with Crippen LogP contribution in [0.3, 0.4) is 0 Å². The molecule has 0 saturated heterocycles. The maximum atomic E-state index is 13.3. The Morgan fingerprint density at radius 1 is 1.40 bits per heavy atom. The van der Waals surface area contributed by atoms with Crippen LogP contribution in [0, 0.1) is 5.82 Å². The minimum absolute atomic E-state index is 0.0253.